The monoisotopic (exact) mass is 351 g/mol. The van der Waals surface area contributed by atoms with Crippen LogP contribution in [0.4, 0.5) is 10.1 Å². The predicted molar refractivity (Wildman–Crippen MR) is 83.6 cm³/mol. The van der Waals surface area contributed by atoms with Gasteiger partial charge in [-0.2, -0.15) is 0 Å². The molecule has 0 spiro atoms. The standard InChI is InChI=1S/C16H15BrFNO2/c1-10-7-13(18)12(17)8-14(10)19-9-11-3-2-4-15-16(11)21-6-5-20-15/h2-4,7-8,19H,5-6,9H2,1H3. The van der Waals surface area contributed by atoms with Crippen molar-refractivity contribution in [3.8, 4) is 11.5 Å². The summed E-state index contributed by atoms with van der Waals surface area (Å²) in [6.07, 6.45) is 0. The van der Waals surface area contributed by atoms with E-state index in [9.17, 15) is 4.39 Å². The summed E-state index contributed by atoms with van der Waals surface area (Å²) in [4.78, 5) is 0. The SMILES string of the molecule is Cc1cc(F)c(Br)cc1NCc1cccc2c1OCCO2. The fourth-order valence-electron chi connectivity index (χ4n) is 2.30. The van der Waals surface area contributed by atoms with Gasteiger partial charge in [0.15, 0.2) is 11.5 Å². The second-order valence-electron chi connectivity index (χ2n) is 4.88. The Labute approximate surface area is 131 Å². The summed E-state index contributed by atoms with van der Waals surface area (Å²) in [6.45, 7) is 3.60. The minimum atomic E-state index is -0.258. The summed E-state index contributed by atoms with van der Waals surface area (Å²) in [5.74, 6) is 1.31. The van der Waals surface area contributed by atoms with Crippen LogP contribution in [-0.2, 0) is 6.54 Å². The molecule has 1 aliphatic rings. The van der Waals surface area contributed by atoms with Gasteiger partial charge in [-0.05, 0) is 46.6 Å². The highest BCUT2D eigenvalue weighted by Gasteiger charge is 2.15. The number of ether oxygens (including phenoxy) is 2. The highest BCUT2D eigenvalue weighted by Crippen LogP contribution is 2.34. The number of fused-ring (bicyclic) bond motifs is 1. The van der Waals surface area contributed by atoms with E-state index < -0.39 is 0 Å². The number of anilines is 1. The van der Waals surface area contributed by atoms with Crippen LogP contribution in [0.25, 0.3) is 0 Å². The zero-order chi connectivity index (χ0) is 14.8. The first-order chi connectivity index (χ1) is 10.1. The molecule has 1 N–H and O–H groups in total. The third kappa shape index (κ3) is 2.97. The maximum Gasteiger partial charge on any atom is 0.166 e. The van der Waals surface area contributed by atoms with Crippen LogP contribution in [0.15, 0.2) is 34.8 Å². The number of para-hydroxylation sites is 1. The highest BCUT2D eigenvalue weighted by molar-refractivity contribution is 9.10. The number of nitrogens with one attached hydrogen (secondary N) is 1. The molecule has 1 heterocycles. The van der Waals surface area contributed by atoms with Crippen molar-refractivity contribution in [2.45, 2.75) is 13.5 Å². The predicted octanol–water partition coefficient (Wildman–Crippen LogP) is 4.28. The Kier molecular flexibility index (Phi) is 4.01. The summed E-state index contributed by atoms with van der Waals surface area (Å²) in [5.41, 5.74) is 2.77. The summed E-state index contributed by atoms with van der Waals surface area (Å²) in [7, 11) is 0. The number of aryl methyl sites for hydroxylation is 1. The molecule has 110 valence electrons. The zero-order valence-electron chi connectivity index (χ0n) is 11.6. The number of benzene rings is 2. The molecule has 0 atom stereocenters. The Hall–Kier alpha value is -1.75. The summed E-state index contributed by atoms with van der Waals surface area (Å²) < 4.78 is 25.1. The van der Waals surface area contributed by atoms with Crippen LogP contribution in [0.2, 0.25) is 0 Å². The van der Waals surface area contributed by atoms with Gasteiger partial charge in [-0.1, -0.05) is 12.1 Å². The summed E-state index contributed by atoms with van der Waals surface area (Å²) >= 11 is 3.21. The van der Waals surface area contributed by atoms with Crippen LogP contribution in [0.3, 0.4) is 0 Å². The highest BCUT2D eigenvalue weighted by atomic mass is 79.9. The van der Waals surface area contributed by atoms with Gasteiger partial charge in [-0.3, -0.25) is 0 Å². The molecule has 0 aromatic heterocycles. The molecule has 0 radical (unpaired) electrons. The number of halogens is 2. The molecule has 0 saturated heterocycles. The topological polar surface area (TPSA) is 30.5 Å². The summed E-state index contributed by atoms with van der Waals surface area (Å²) in [5, 5.41) is 3.32. The molecule has 2 aromatic carbocycles. The Bertz CT molecular complexity index is 676. The van der Waals surface area contributed by atoms with Crippen LogP contribution >= 0.6 is 15.9 Å². The summed E-state index contributed by atoms with van der Waals surface area (Å²) in [6, 6.07) is 9.09. The van der Waals surface area contributed by atoms with Crippen molar-refractivity contribution in [3.05, 3.63) is 51.7 Å². The lowest BCUT2D eigenvalue weighted by molar-refractivity contribution is 0.170. The van der Waals surface area contributed by atoms with E-state index in [0.717, 1.165) is 28.3 Å². The number of hydrogen-bond acceptors (Lipinski definition) is 3. The van der Waals surface area contributed by atoms with Crippen molar-refractivity contribution in [1.29, 1.82) is 0 Å². The molecule has 3 rings (SSSR count). The average molecular weight is 352 g/mol. The van der Waals surface area contributed by atoms with Gasteiger partial charge in [0.05, 0.1) is 4.47 Å². The average Bonchev–Trinajstić information content (AvgIpc) is 2.49. The van der Waals surface area contributed by atoms with E-state index in [2.05, 4.69) is 21.2 Å². The van der Waals surface area contributed by atoms with E-state index in [1.807, 2.05) is 25.1 Å². The molecule has 5 heteroatoms. The molecular formula is C16H15BrFNO2. The van der Waals surface area contributed by atoms with Crippen LogP contribution in [-0.4, -0.2) is 13.2 Å². The normalized spacial score (nSPS) is 13.1. The molecular weight excluding hydrogens is 337 g/mol. The minimum absolute atomic E-state index is 0.258. The molecule has 21 heavy (non-hydrogen) atoms. The second kappa shape index (κ2) is 5.93. The molecule has 0 unspecified atom stereocenters. The van der Waals surface area contributed by atoms with E-state index in [1.54, 1.807) is 6.07 Å². The minimum Gasteiger partial charge on any atom is -0.486 e. The molecule has 0 amide bonds. The van der Waals surface area contributed by atoms with Gasteiger partial charge in [0, 0.05) is 17.8 Å². The third-order valence-corrected chi connectivity index (χ3v) is 3.99. The first kappa shape index (κ1) is 14.2. The maximum atomic E-state index is 13.4. The second-order valence-corrected chi connectivity index (χ2v) is 5.73. The van der Waals surface area contributed by atoms with Gasteiger partial charge < -0.3 is 14.8 Å². The van der Waals surface area contributed by atoms with Gasteiger partial charge in [0.2, 0.25) is 0 Å². The lowest BCUT2D eigenvalue weighted by Gasteiger charge is -2.21. The van der Waals surface area contributed by atoms with Crippen LogP contribution < -0.4 is 14.8 Å². The van der Waals surface area contributed by atoms with Crippen LogP contribution in [0, 0.1) is 12.7 Å². The molecule has 0 aliphatic carbocycles. The largest absolute Gasteiger partial charge is 0.486 e. The van der Waals surface area contributed by atoms with E-state index >= 15 is 0 Å². The Balaban J connectivity index is 1.81. The quantitative estimate of drug-likeness (QED) is 0.895. The van der Waals surface area contributed by atoms with Crippen LogP contribution in [0.5, 0.6) is 11.5 Å². The zero-order valence-corrected chi connectivity index (χ0v) is 13.2. The van der Waals surface area contributed by atoms with Crippen LogP contribution in [0.1, 0.15) is 11.1 Å². The molecule has 0 fully saturated rings. The molecule has 2 aromatic rings. The van der Waals surface area contributed by atoms with Gasteiger partial charge in [-0.15, -0.1) is 0 Å². The molecule has 3 nitrogen and oxygen atoms in total. The van der Waals surface area contributed by atoms with Crippen molar-refractivity contribution in [2.75, 3.05) is 18.5 Å². The number of rotatable bonds is 3. The van der Waals surface area contributed by atoms with Crippen molar-refractivity contribution in [1.82, 2.24) is 0 Å². The first-order valence-electron chi connectivity index (χ1n) is 6.72. The van der Waals surface area contributed by atoms with Gasteiger partial charge >= 0.3 is 0 Å². The van der Waals surface area contributed by atoms with E-state index in [4.69, 9.17) is 9.47 Å². The van der Waals surface area contributed by atoms with Gasteiger partial charge in [0.25, 0.3) is 0 Å². The number of hydrogen-bond donors (Lipinski definition) is 1. The Morgan fingerprint density at radius 3 is 2.90 bits per heavy atom. The lowest BCUT2D eigenvalue weighted by atomic mass is 10.1. The molecule has 1 aliphatic heterocycles. The smallest absolute Gasteiger partial charge is 0.166 e. The van der Waals surface area contributed by atoms with Crippen molar-refractivity contribution < 1.29 is 13.9 Å². The van der Waals surface area contributed by atoms with Gasteiger partial charge in [-0.25, -0.2) is 4.39 Å². The van der Waals surface area contributed by atoms with E-state index in [-0.39, 0.29) is 5.82 Å². The fourth-order valence-corrected chi connectivity index (χ4v) is 2.64. The van der Waals surface area contributed by atoms with E-state index in [0.29, 0.717) is 24.2 Å². The maximum absolute atomic E-state index is 13.4. The third-order valence-electron chi connectivity index (χ3n) is 3.38. The fraction of sp³-hybridized carbons (Fsp3) is 0.250. The van der Waals surface area contributed by atoms with Crippen molar-refractivity contribution in [2.24, 2.45) is 0 Å². The lowest BCUT2D eigenvalue weighted by Crippen LogP contribution is -2.17. The Morgan fingerprint density at radius 1 is 1.24 bits per heavy atom. The van der Waals surface area contributed by atoms with Crippen molar-refractivity contribution in [3.63, 3.8) is 0 Å². The molecule has 0 bridgehead atoms. The van der Waals surface area contributed by atoms with Crippen molar-refractivity contribution >= 4 is 21.6 Å². The van der Waals surface area contributed by atoms with E-state index in [1.165, 1.54) is 6.07 Å². The Morgan fingerprint density at radius 2 is 2.05 bits per heavy atom. The molecule has 0 saturated carbocycles. The first-order valence-corrected chi connectivity index (χ1v) is 7.51. The van der Waals surface area contributed by atoms with Gasteiger partial charge in [0.1, 0.15) is 19.0 Å².